The number of carbonyl (C=O) groups is 2. The molecule has 0 saturated heterocycles. The van der Waals surface area contributed by atoms with E-state index in [0.717, 1.165) is 21.2 Å². The number of aryl methyl sites for hydroxylation is 2. The van der Waals surface area contributed by atoms with E-state index >= 15 is 0 Å². The van der Waals surface area contributed by atoms with Gasteiger partial charge in [0.05, 0.1) is 0 Å². The highest BCUT2D eigenvalue weighted by Crippen LogP contribution is 2.30. The zero-order chi connectivity index (χ0) is 19.9. The maximum Gasteiger partial charge on any atom is 0.313 e. The van der Waals surface area contributed by atoms with Crippen LogP contribution in [-0.4, -0.2) is 27.9 Å². The zero-order valence-electron chi connectivity index (χ0n) is 15.8. The second-order valence-electron chi connectivity index (χ2n) is 6.31. The molecule has 3 rings (SSSR count). The monoisotopic (exact) mass is 394 g/mol. The minimum Gasteiger partial charge on any atom is -0.347 e. The molecule has 0 bridgehead atoms. The van der Waals surface area contributed by atoms with Gasteiger partial charge in [-0.3, -0.25) is 9.59 Å². The lowest BCUT2D eigenvalue weighted by atomic mass is 10.2. The van der Waals surface area contributed by atoms with Crippen molar-refractivity contribution in [3.8, 4) is 0 Å². The van der Waals surface area contributed by atoms with Crippen LogP contribution in [0.1, 0.15) is 11.4 Å². The topological polar surface area (TPSA) is 76.0 Å². The van der Waals surface area contributed by atoms with E-state index in [-0.39, 0.29) is 0 Å². The van der Waals surface area contributed by atoms with Crippen molar-refractivity contribution in [1.29, 1.82) is 0 Å². The molecule has 0 aliphatic rings. The second kappa shape index (κ2) is 9.23. The molecule has 28 heavy (non-hydrogen) atoms. The molecule has 144 valence electrons. The van der Waals surface area contributed by atoms with E-state index in [2.05, 4.69) is 15.6 Å². The van der Waals surface area contributed by atoms with Gasteiger partial charge in [0.2, 0.25) is 0 Å². The number of imidazole rings is 1. The predicted molar refractivity (Wildman–Crippen MR) is 110 cm³/mol. The van der Waals surface area contributed by atoms with Crippen LogP contribution in [0.4, 0.5) is 5.69 Å². The van der Waals surface area contributed by atoms with Crippen LogP contribution in [0.2, 0.25) is 0 Å². The molecule has 3 aromatic rings. The van der Waals surface area contributed by atoms with E-state index in [1.165, 1.54) is 0 Å². The highest BCUT2D eigenvalue weighted by Gasteiger charge is 2.15. The zero-order valence-corrected chi connectivity index (χ0v) is 16.6. The van der Waals surface area contributed by atoms with Gasteiger partial charge in [-0.2, -0.15) is 0 Å². The third-order valence-corrected chi connectivity index (χ3v) is 5.18. The summed E-state index contributed by atoms with van der Waals surface area (Å²) in [6.45, 7) is 2.26. The largest absolute Gasteiger partial charge is 0.347 e. The third-order valence-electron chi connectivity index (χ3n) is 4.19. The number of benzene rings is 2. The molecule has 2 aromatic carbocycles. The Morgan fingerprint density at radius 1 is 1.07 bits per heavy atom. The molecule has 0 unspecified atom stereocenters. The summed E-state index contributed by atoms with van der Waals surface area (Å²) in [6.07, 6.45) is 4.10. The average Bonchev–Trinajstić information content (AvgIpc) is 3.09. The van der Waals surface area contributed by atoms with Gasteiger partial charge in [-0.1, -0.05) is 30.0 Å². The molecule has 0 saturated carbocycles. The van der Waals surface area contributed by atoms with E-state index in [0.29, 0.717) is 18.7 Å². The first-order chi connectivity index (χ1) is 13.5. The number of anilines is 1. The number of carbonyl (C=O) groups excluding carboxylic acids is 2. The Hall–Kier alpha value is -3.06. The quantitative estimate of drug-likeness (QED) is 0.630. The Morgan fingerprint density at radius 2 is 1.86 bits per heavy atom. The predicted octanol–water partition coefficient (Wildman–Crippen LogP) is 3.18. The Morgan fingerprint density at radius 3 is 2.54 bits per heavy atom. The van der Waals surface area contributed by atoms with Crippen molar-refractivity contribution in [1.82, 2.24) is 14.9 Å². The first kappa shape index (κ1) is 19.7. The first-order valence-corrected chi connectivity index (χ1v) is 9.73. The molecular weight excluding hydrogens is 372 g/mol. The van der Waals surface area contributed by atoms with Gasteiger partial charge in [0, 0.05) is 47.9 Å². The SMILES string of the molecule is Cc1cc(Sc2ccccc2)ccc1NC(=O)C(=O)NCCc1nccn1C. The third kappa shape index (κ3) is 5.23. The Bertz CT molecular complexity index is 970. The van der Waals surface area contributed by atoms with Gasteiger partial charge in [-0.15, -0.1) is 0 Å². The molecule has 0 spiro atoms. The number of rotatable bonds is 6. The average molecular weight is 395 g/mol. The van der Waals surface area contributed by atoms with Crippen LogP contribution in [0.5, 0.6) is 0 Å². The van der Waals surface area contributed by atoms with Crippen LogP contribution in [0.25, 0.3) is 0 Å². The van der Waals surface area contributed by atoms with Crippen molar-refractivity contribution < 1.29 is 9.59 Å². The van der Waals surface area contributed by atoms with E-state index in [1.807, 2.05) is 73.3 Å². The summed E-state index contributed by atoms with van der Waals surface area (Å²) >= 11 is 1.65. The standard InChI is InChI=1S/C21H22N4O2S/c1-15-14-17(28-16-6-4-3-5-7-16)8-9-18(15)24-21(27)20(26)23-11-10-19-22-12-13-25(19)2/h3-9,12-14H,10-11H2,1-2H3,(H,23,26)(H,24,27). The van der Waals surface area contributed by atoms with Crippen molar-refractivity contribution in [2.45, 2.75) is 23.1 Å². The summed E-state index contributed by atoms with van der Waals surface area (Å²) in [5.41, 5.74) is 1.52. The summed E-state index contributed by atoms with van der Waals surface area (Å²) in [5, 5.41) is 5.30. The van der Waals surface area contributed by atoms with E-state index in [4.69, 9.17) is 0 Å². The molecule has 0 aliphatic carbocycles. The minimum atomic E-state index is -0.675. The molecule has 6 nitrogen and oxygen atoms in total. The minimum absolute atomic E-state index is 0.350. The fraction of sp³-hybridized carbons (Fsp3) is 0.190. The first-order valence-electron chi connectivity index (χ1n) is 8.92. The summed E-state index contributed by atoms with van der Waals surface area (Å²) < 4.78 is 1.88. The fourth-order valence-corrected chi connectivity index (χ4v) is 3.59. The molecule has 0 atom stereocenters. The number of amides is 2. The highest BCUT2D eigenvalue weighted by molar-refractivity contribution is 7.99. The van der Waals surface area contributed by atoms with Gasteiger partial charge in [-0.05, 0) is 42.8 Å². The van der Waals surface area contributed by atoms with Gasteiger partial charge in [0.25, 0.3) is 0 Å². The van der Waals surface area contributed by atoms with Gasteiger partial charge in [-0.25, -0.2) is 4.98 Å². The van der Waals surface area contributed by atoms with Gasteiger partial charge >= 0.3 is 11.8 Å². The van der Waals surface area contributed by atoms with Crippen LogP contribution < -0.4 is 10.6 Å². The molecule has 2 N–H and O–H groups in total. The van der Waals surface area contributed by atoms with Crippen molar-refractivity contribution in [3.63, 3.8) is 0 Å². The van der Waals surface area contributed by atoms with Crippen LogP contribution in [0, 0.1) is 6.92 Å². The summed E-state index contributed by atoms with van der Waals surface area (Å²) in [4.78, 5) is 30.6. The fourth-order valence-electron chi connectivity index (χ4n) is 2.65. The van der Waals surface area contributed by atoms with Gasteiger partial charge in [0.15, 0.2) is 0 Å². The van der Waals surface area contributed by atoms with Crippen LogP contribution in [0.15, 0.2) is 70.7 Å². The molecule has 1 heterocycles. The number of aromatic nitrogens is 2. The number of hydrogen-bond donors (Lipinski definition) is 2. The Labute approximate surface area is 168 Å². The number of nitrogens with zero attached hydrogens (tertiary/aromatic N) is 2. The lowest BCUT2D eigenvalue weighted by Gasteiger charge is -2.10. The lowest BCUT2D eigenvalue weighted by molar-refractivity contribution is -0.136. The smallest absolute Gasteiger partial charge is 0.313 e. The molecular formula is C21H22N4O2S. The normalized spacial score (nSPS) is 10.5. The van der Waals surface area contributed by atoms with E-state index < -0.39 is 11.8 Å². The Balaban J connectivity index is 1.53. The molecule has 1 aromatic heterocycles. The van der Waals surface area contributed by atoms with Crippen molar-refractivity contribution in [3.05, 3.63) is 72.3 Å². The summed E-state index contributed by atoms with van der Waals surface area (Å²) in [5.74, 6) is -0.481. The molecule has 7 heteroatoms. The lowest BCUT2D eigenvalue weighted by Crippen LogP contribution is -2.36. The molecule has 0 aliphatic heterocycles. The van der Waals surface area contributed by atoms with E-state index in [1.54, 1.807) is 18.0 Å². The second-order valence-corrected chi connectivity index (χ2v) is 7.45. The molecule has 0 radical (unpaired) electrons. The molecule has 2 amide bonds. The van der Waals surface area contributed by atoms with Crippen molar-refractivity contribution >= 4 is 29.3 Å². The Kier molecular flexibility index (Phi) is 6.49. The van der Waals surface area contributed by atoms with Gasteiger partial charge in [0.1, 0.15) is 5.82 Å². The van der Waals surface area contributed by atoms with Crippen LogP contribution in [0.3, 0.4) is 0 Å². The maximum atomic E-state index is 12.2. The summed E-state index contributed by atoms with van der Waals surface area (Å²) in [7, 11) is 1.89. The van der Waals surface area contributed by atoms with Crippen molar-refractivity contribution in [2.24, 2.45) is 7.05 Å². The number of nitrogens with one attached hydrogen (secondary N) is 2. The summed E-state index contributed by atoms with van der Waals surface area (Å²) in [6, 6.07) is 15.8. The highest BCUT2D eigenvalue weighted by atomic mass is 32.2. The van der Waals surface area contributed by atoms with Gasteiger partial charge < -0.3 is 15.2 Å². The maximum absolute atomic E-state index is 12.2. The number of hydrogen-bond acceptors (Lipinski definition) is 4. The van der Waals surface area contributed by atoms with E-state index in [9.17, 15) is 9.59 Å². The van der Waals surface area contributed by atoms with Crippen LogP contribution >= 0.6 is 11.8 Å². The molecule has 0 fully saturated rings. The van der Waals surface area contributed by atoms with Crippen LogP contribution in [-0.2, 0) is 23.1 Å². The van der Waals surface area contributed by atoms with Crippen molar-refractivity contribution in [2.75, 3.05) is 11.9 Å².